The first-order chi connectivity index (χ1) is 10.3. The molecule has 0 aromatic rings. The normalized spacial score (nSPS) is 22.4. The number of hydrogen-bond acceptors (Lipinski definition) is 4. The van der Waals surface area contributed by atoms with Gasteiger partial charge in [-0.05, 0) is 25.9 Å². The first-order valence-corrected chi connectivity index (χ1v) is 9.23. The van der Waals surface area contributed by atoms with E-state index in [1.54, 1.807) is 0 Å². The zero-order valence-corrected chi connectivity index (χ0v) is 14.3. The molecule has 0 amide bonds. The van der Waals surface area contributed by atoms with Gasteiger partial charge in [-0.2, -0.15) is 0 Å². The van der Waals surface area contributed by atoms with Crippen LogP contribution in [0.4, 0.5) is 0 Å². The average molecular weight is 297 g/mol. The highest BCUT2D eigenvalue weighted by atomic mass is 15.3. The maximum atomic E-state index is 3.60. The SMILES string of the molecule is CCN(CC)CCNCCN1CCN(C2CCCC2)CC1. The van der Waals surface area contributed by atoms with Crippen LogP contribution in [0, 0.1) is 0 Å². The lowest BCUT2D eigenvalue weighted by Crippen LogP contribution is -2.51. The summed E-state index contributed by atoms with van der Waals surface area (Å²) < 4.78 is 0. The van der Waals surface area contributed by atoms with Gasteiger partial charge in [0, 0.05) is 58.4 Å². The predicted molar refractivity (Wildman–Crippen MR) is 90.9 cm³/mol. The van der Waals surface area contributed by atoms with Crippen molar-refractivity contribution in [3.63, 3.8) is 0 Å². The third kappa shape index (κ3) is 5.85. The van der Waals surface area contributed by atoms with Crippen molar-refractivity contribution in [1.29, 1.82) is 0 Å². The summed E-state index contributed by atoms with van der Waals surface area (Å²) in [6.45, 7) is 16.6. The number of nitrogens with one attached hydrogen (secondary N) is 1. The molecule has 0 aromatic heterocycles. The van der Waals surface area contributed by atoms with Gasteiger partial charge in [0.25, 0.3) is 0 Å². The summed E-state index contributed by atoms with van der Waals surface area (Å²) in [4.78, 5) is 7.86. The van der Waals surface area contributed by atoms with Crippen LogP contribution in [-0.2, 0) is 0 Å². The Morgan fingerprint density at radius 3 is 2.24 bits per heavy atom. The fourth-order valence-electron chi connectivity index (χ4n) is 3.76. The molecule has 2 fully saturated rings. The molecule has 2 rings (SSSR count). The van der Waals surface area contributed by atoms with Crippen molar-refractivity contribution in [2.24, 2.45) is 0 Å². The van der Waals surface area contributed by atoms with Crippen LogP contribution >= 0.6 is 0 Å². The van der Waals surface area contributed by atoms with E-state index in [1.807, 2.05) is 0 Å². The molecule has 0 atom stereocenters. The fraction of sp³-hybridized carbons (Fsp3) is 1.00. The third-order valence-electron chi connectivity index (χ3n) is 5.35. The molecule has 1 saturated carbocycles. The molecule has 0 unspecified atom stereocenters. The molecule has 0 spiro atoms. The Hall–Kier alpha value is -0.160. The highest BCUT2D eigenvalue weighted by Gasteiger charge is 2.25. The van der Waals surface area contributed by atoms with Crippen LogP contribution in [0.25, 0.3) is 0 Å². The average Bonchev–Trinajstić information content (AvgIpc) is 3.06. The van der Waals surface area contributed by atoms with E-state index in [1.165, 1.54) is 78.0 Å². The van der Waals surface area contributed by atoms with Gasteiger partial charge in [0.1, 0.15) is 0 Å². The van der Waals surface area contributed by atoms with Crippen LogP contribution in [0.5, 0.6) is 0 Å². The molecular weight excluding hydrogens is 260 g/mol. The Kier molecular flexibility index (Phi) is 8.01. The van der Waals surface area contributed by atoms with Crippen molar-refractivity contribution in [2.75, 3.05) is 65.4 Å². The Morgan fingerprint density at radius 1 is 0.952 bits per heavy atom. The van der Waals surface area contributed by atoms with Crippen molar-refractivity contribution >= 4 is 0 Å². The molecule has 1 heterocycles. The maximum Gasteiger partial charge on any atom is 0.0113 e. The zero-order chi connectivity index (χ0) is 14.9. The number of piperazine rings is 1. The molecule has 1 aliphatic carbocycles. The largest absolute Gasteiger partial charge is 0.314 e. The van der Waals surface area contributed by atoms with Crippen molar-refractivity contribution < 1.29 is 0 Å². The van der Waals surface area contributed by atoms with Crippen LogP contribution in [-0.4, -0.2) is 86.2 Å². The van der Waals surface area contributed by atoms with Crippen molar-refractivity contribution in [3.05, 3.63) is 0 Å². The Bertz CT molecular complexity index is 254. The molecule has 4 nitrogen and oxygen atoms in total. The third-order valence-corrected chi connectivity index (χ3v) is 5.35. The minimum absolute atomic E-state index is 0.916. The van der Waals surface area contributed by atoms with Crippen LogP contribution in [0.15, 0.2) is 0 Å². The van der Waals surface area contributed by atoms with E-state index in [9.17, 15) is 0 Å². The standard InChI is InChI=1S/C17H36N4/c1-3-19(4-2)11-9-18-10-12-20-13-15-21(16-14-20)17-7-5-6-8-17/h17-18H,3-16H2,1-2H3. The van der Waals surface area contributed by atoms with Gasteiger partial charge in [0.15, 0.2) is 0 Å². The van der Waals surface area contributed by atoms with E-state index in [0.29, 0.717) is 0 Å². The number of nitrogens with zero attached hydrogens (tertiary/aromatic N) is 3. The number of hydrogen-bond donors (Lipinski definition) is 1. The highest BCUT2D eigenvalue weighted by molar-refractivity contribution is 4.82. The van der Waals surface area contributed by atoms with E-state index in [2.05, 4.69) is 33.9 Å². The first-order valence-electron chi connectivity index (χ1n) is 9.23. The smallest absolute Gasteiger partial charge is 0.0113 e. The molecule has 0 bridgehead atoms. The molecular formula is C17H36N4. The van der Waals surface area contributed by atoms with Gasteiger partial charge in [0.2, 0.25) is 0 Å². The summed E-state index contributed by atoms with van der Waals surface area (Å²) in [5, 5.41) is 3.60. The van der Waals surface area contributed by atoms with Gasteiger partial charge in [-0.15, -0.1) is 0 Å². The van der Waals surface area contributed by atoms with Gasteiger partial charge < -0.3 is 10.2 Å². The summed E-state index contributed by atoms with van der Waals surface area (Å²) >= 11 is 0. The van der Waals surface area contributed by atoms with E-state index in [-0.39, 0.29) is 0 Å². The number of likely N-dealkylation sites (N-methyl/N-ethyl adjacent to an activating group) is 1. The summed E-state index contributed by atoms with van der Waals surface area (Å²) in [5.41, 5.74) is 0. The fourth-order valence-corrected chi connectivity index (χ4v) is 3.76. The van der Waals surface area contributed by atoms with E-state index >= 15 is 0 Å². The summed E-state index contributed by atoms with van der Waals surface area (Å²) in [5.74, 6) is 0. The lowest BCUT2D eigenvalue weighted by atomic mass is 10.2. The zero-order valence-electron chi connectivity index (χ0n) is 14.3. The Balaban J connectivity index is 1.49. The molecule has 21 heavy (non-hydrogen) atoms. The lowest BCUT2D eigenvalue weighted by molar-refractivity contribution is 0.0983. The van der Waals surface area contributed by atoms with Gasteiger partial charge in [-0.25, -0.2) is 0 Å². The van der Waals surface area contributed by atoms with E-state index < -0.39 is 0 Å². The van der Waals surface area contributed by atoms with Crippen LogP contribution in [0.2, 0.25) is 0 Å². The Morgan fingerprint density at radius 2 is 1.62 bits per heavy atom. The van der Waals surface area contributed by atoms with Crippen molar-refractivity contribution in [2.45, 2.75) is 45.6 Å². The van der Waals surface area contributed by atoms with Gasteiger partial charge in [-0.1, -0.05) is 26.7 Å². The second kappa shape index (κ2) is 9.78. The van der Waals surface area contributed by atoms with Crippen LogP contribution in [0.3, 0.4) is 0 Å². The second-order valence-corrected chi connectivity index (χ2v) is 6.59. The van der Waals surface area contributed by atoms with Crippen LogP contribution in [0.1, 0.15) is 39.5 Å². The lowest BCUT2D eigenvalue weighted by Gasteiger charge is -2.38. The summed E-state index contributed by atoms with van der Waals surface area (Å²) in [7, 11) is 0. The molecule has 2 aliphatic rings. The molecule has 0 aromatic carbocycles. The van der Waals surface area contributed by atoms with Gasteiger partial charge >= 0.3 is 0 Å². The summed E-state index contributed by atoms with van der Waals surface area (Å²) in [6, 6.07) is 0.916. The van der Waals surface area contributed by atoms with Gasteiger partial charge in [-0.3, -0.25) is 9.80 Å². The minimum atomic E-state index is 0.916. The van der Waals surface area contributed by atoms with Crippen molar-refractivity contribution in [1.82, 2.24) is 20.0 Å². The maximum absolute atomic E-state index is 3.60. The molecule has 1 N–H and O–H groups in total. The molecule has 124 valence electrons. The summed E-state index contributed by atoms with van der Waals surface area (Å²) in [6.07, 6.45) is 5.82. The Labute approximate surface area is 131 Å². The van der Waals surface area contributed by atoms with Crippen molar-refractivity contribution in [3.8, 4) is 0 Å². The number of rotatable bonds is 9. The predicted octanol–water partition coefficient (Wildman–Crippen LogP) is 1.48. The molecule has 0 radical (unpaired) electrons. The highest BCUT2D eigenvalue weighted by Crippen LogP contribution is 2.24. The minimum Gasteiger partial charge on any atom is -0.314 e. The quantitative estimate of drug-likeness (QED) is 0.651. The molecule has 1 saturated heterocycles. The van der Waals surface area contributed by atoms with E-state index in [0.717, 1.165) is 19.1 Å². The second-order valence-electron chi connectivity index (χ2n) is 6.59. The first kappa shape index (κ1) is 17.2. The topological polar surface area (TPSA) is 21.8 Å². The van der Waals surface area contributed by atoms with Crippen LogP contribution < -0.4 is 5.32 Å². The van der Waals surface area contributed by atoms with Gasteiger partial charge in [0.05, 0.1) is 0 Å². The molecule has 1 aliphatic heterocycles. The molecule has 4 heteroatoms. The monoisotopic (exact) mass is 296 g/mol. The van der Waals surface area contributed by atoms with E-state index in [4.69, 9.17) is 0 Å².